The number of aryl methyl sites for hydroxylation is 1. The van der Waals surface area contributed by atoms with Crippen molar-refractivity contribution < 1.29 is 0 Å². The van der Waals surface area contributed by atoms with Gasteiger partial charge in [0.2, 0.25) is 0 Å². The maximum absolute atomic E-state index is 4.81. The van der Waals surface area contributed by atoms with Crippen LogP contribution in [0.15, 0.2) is 66.9 Å². The fraction of sp³-hybridized carbons (Fsp3) is 0.323. The highest BCUT2D eigenvalue weighted by atomic mass is 14.7. The van der Waals surface area contributed by atoms with E-state index in [1.165, 1.54) is 49.7 Å². The third kappa shape index (κ3) is 4.21. The second kappa shape index (κ2) is 8.90. The maximum Gasteiger partial charge on any atom is 0.0780 e. The lowest BCUT2D eigenvalue weighted by Crippen LogP contribution is -2.04. The summed E-state index contributed by atoms with van der Waals surface area (Å²) < 4.78 is 0. The summed E-state index contributed by atoms with van der Waals surface area (Å²) in [6.45, 7) is 16.0. The number of hydrogen-bond acceptors (Lipinski definition) is 1. The van der Waals surface area contributed by atoms with Crippen LogP contribution in [0.1, 0.15) is 81.5 Å². The number of aromatic nitrogens is 1. The molecule has 1 aromatic heterocycles. The first-order chi connectivity index (χ1) is 15.3. The predicted molar refractivity (Wildman–Crippen MR) is 140 cm³/mol. The summed E-state index contributed by atoms with van der Waals surface area (Å²) in [4.78, 5) is 4.81. The van der Waals surface area contributed by atoms with Gasteiger partial charge in [-0.3, -0.25) is 4.98 Å². The molecule has 164 valence electrons. The molecule has 0 aliphatic carbocycles. The molecular formula is C31H35N. The SMILES string of the molecule is Cc1cc(-c2c(C(C)C)cc(C(C)C)cc2C(C)C)cc(-c2nccc3ccccc23)c1. The van der Waals surface area contributed by atoms with Gasteiger partial charge in [0, 0.05) is 17.1 Å². The molecule has 4 rings (SSSR count). The zero-order valence-corrected chi connectivity index (χ0v) is 20.5. The van der Waals surface area contributed by atoms with Crippen molar-refractivity contribution in [2.45, 2.75) is 66.2 Å². The van der Waals surface area contributed by atoms with Gasteiger partial charge in [-0.15, -0.1) is 0 Å². The zero-order valence-electron chi connectivity index (χ0n) is 20.5. The zero-order chi connectivity index (χ0) is 23.0. The molecule has 1 heteroatoms. The minimum Gasteiger partial charge on any atom is -0.256 e. The molecular weight excluding hydrogens is 386 g/mol. The average molecular weight is 422 g/mol. The molecule has 0 N–H and O–H groups in total. The van der Waals surface area contributed by atoms with E-state index in [0.717, 1.165) is 5.69 Å². The van der Waals surface area contributed by atoms with Crippen molar-refractivity contribution in [1.82, 2.24) is 4.98 Å². The Labute approximate surface area is 193 Å². The molecule has 0 amide bonds. The Bertz CT molecular complexity index is 1230. The van der Waals surface area contributed by atoms with Crippen molar-refractivity contribution in [2.24, 2.45) is 0 Å². The Morgan fingerprint density at radius 1 is 0.656 bits per heavy atom. The van der Waals surface area contributed by atoms with Crippen molar-refractivity contribution in [3.8, 4) is 22.4 Å². The summed E-state index contributed by atoms with van der Waals surface area (Å²) in [5, 5.41) is 2.43. The number of rotatable bonds is 5. The van der Waals surface area contributed by atoms with Crippen LogP contribution in [-0.2, 0) is 0 Å². The van der Waals surface area contributed by atoms with Gasteiger partial charge in [-0.25, -0.2) is 0 Å². The van der Waals surface area contributed by atoms with Crippen molar-refractivity contribution >= 4 is 10.8 Å². The molecule has 0 bridgehead atoms. The van der Waals surface area contributed by atoms with Crippen LogP contribution in [0, 0.1) is 6.92 Å². The van der Waals surface area contributed by atoms with Crippen LogP contribution < -0.4 is 0 Å². The van der Waals surface area contributed by atoms with E-state index in [4.69, 9.17) is 4.98 Å². The summed E-state index contributed by atoms with van der Waals surface area (Å²) in [7, 11) is 0. The van der Waals surface area contributed by atoms with Gasteiger partial charge in [0.15, 0.2) is 0 Å². The second-order valence-electron chi connectivity index (χ2n) is 10.0. The molecule has 0 atom stereocenters. The molecule has 0 aliphatic rings. The third-order valence-electron chi connectivity index (χ3n) is 6.45. The van der Waals surface area contributed by atoms with E-state index in [1.807, 2.05) is 6.20 Å². The Balaban J connectivity index is 2.00. The monoisotopic (exact) mass is 421 g/mol. The summed E-state index contributed by atoms with van der Waals surface area (Å²) in [6, 6.07) is 22.5. The number of fused-ring (bicyclic) bond motifs is 1. The molecule has 0 aliphatic heterocycles. The largest absolute Gasteiger partial charge is 0.256 e. The molecule has 3 aromatic carbocycles. The molecule has 0 fully saturated rings. The van der Waals surface area contributed by atoms with Gasteiger partial charge < -0.3 is 0 Å². The molecule has 0 saturated heterocycles. The Morgan fingerprint density at radius 2 is 1.28 bits per heavy atom. The molecule has 1 nitrogen and oxygen atoms in total. The van der Waals surface area contributed by atoms with Gasteiger partial charge in [-0.1, -0.05) is 84.0 Å². The summed E-state index contributed by atoms with van der Waals surface area (Å²) >= 11 is 0. The van der Waals surface area contributed by atoms with Crippen molar-refractivity contribution in [1.29, 1.82) is 0 Å². The Morgan fingerprint density at radius 3 is 1.91 bits per heavy atom. The topological polar surface area (TPSA) is 12.9 Å². The van der Waals surface area contributed by atoms with Gasteiger partial charge in [0.1, 0.15) is 0 Å². The van der Waals surface area contributed by atoms with E-state index in [1.54, 1.807) is 0 Å². The summed E-state index contributed by atoms with van der Waals surface area (Å²) in [5.41, 5.74) is 10.6. The van der Waals surface area contributed by atoms with Crippen LogP contribution in [0.3, 0.4) is 0 Å². The van der Waals surface area contributed by atoms with E-state index >= 15 is 0 Å². The lowest BCUT2D eigenvalue weighted by atomic mass is 9.81. The van der Waals surface area contributed by atoms with Gasteiger partial charge in [-0.2, -0.15) is 0 Å². The van der Waals surface area contributed by atoms with Gasteiger partial charge in [0.05, 0.1) is 5.69 Å². The standard InChI is InChI=1S/C31H35N/c1-19(2)24-17-28(20(3)4)30(29(18-24)21(5)6)25-14-22(7)15-26(16-25)31-27-11-9-8-10-23(27)12-13-32-31/h8-21H,1-7H3. The van der Waals surface area contributed by atoms with Gasteiger partial charge in [0.25, 0.3) is 0 Å². The van der Waals surface area contributed by atoms with Crippen LogP contribution in [0.5, 0.6) is 0 Å². The molecule has 0 saturated carbocycles. The van der Waals surface area contributed by atoms with Crippen LogP contribution in [0.2, 0.25) is 0 Å². The van der Waals surface area contributed by atoms with Crippen molar-refractivity contribution in [2.75, 3.05) is 0 Å². The normalized spacial score (nSPS) is 11.8. The molecule has 4 aromatic rings. The highest BCUT2D eigenvalue weighted by molar-refractivity contribution is 5.95. The quantitative estimate of drug-likeness (QED) is 0.313. The van der Waals surface area contributed by atoms with Crippen molar-refractivity contribution in [3.05, 3.63) is 89.1 Å². The van der Waals surface area contributed by atoms with Crippen LogP contribution >= 0.6 is 0 Å². The number of hydrogen-bond donors (Lipinski definition) is 0. The Kier molecular flexibility index (Phi) is 6.20. The van der Waals surface area contributed by atoms with E-state index in [0.29, 0.717) is 17.8 Å². The Hall–Kier alpha value is -2.93. The molecule has 0 spiro atoms. The van der Waals surface area contributed by atoms with E-state index in [-0.39, 0.29) is 0 Å². The van der Waals surface area contributed by atoms with E-state index in [2.05, 4.69) is 109 Å². The highest BCUT2D eigenvalue weighted by Gasteiger charge is 2.19. The maximum atomic E-state index is 4.81. The third-order valence-corrected chi connectivity index (χ3v) is 6.45. The number of nitrogens with zero attached hydrogens (tertiary/aromatic N) is 1. The summed E-state index contributed by atoms with van der Waals surface area (Å²) in [6.07, 6.45) is 1.93. The molecule has 32 heavy (non-hydrogen) atoms. The lowest BCUT2D eigenvalue weighted by molar-refractivity contribution is 0.807. The van der Waals surface area contributed by atoms with Gasteiger partial charge in [-0.05, 0) is 81.6 Å². The first-order valence-corrected chi connectivity index (χ1v) is 11.9. The molecule has 0 radical (unpaired) electrons. The van der Waals surface area contributed by atoms with Crippen LogP contribution in [-0.4, -0.2) is 4.98 Å². The average Bonchev–Trinajstić information content (AvgIpc) is 2.77. The smallest absolute Gasteiger partial charge is 0.0780 e. The highest BCUT2D eigenvalue weighted by Crippen LogP contribution is 2.40. The summed E-state index contributed by atoms with van der Waals surface area (Å²) in [5.74, 6) is 1.44. The van der Waals surface area contributed by atoms with Crippen molar-refractivity contribution in [3.63, 3.8) is 0 Å². The fourth-order valence-corrected chi connectivity index (χ4v) is 4.70. The van der Waals surface area contributed by atoms with Gasteiger partial charge >= 0.3 is 0 Å². The minimum absolute atomic E-state index is 0.459. The molecule has 0 unspecified atom stereocenters. The van der Waals surface area contributed by atoms with Crippen LogP contribution in [0.4, 0.5) is 0 Å². The lowest BCUT2D eigenvalue weighted by Gasteiger charge is -2.24. The number of benzene rings is 3. The minimum atomic E-state index is 0.459. The number of pyridine rings is 1. The molecule has 1 heterocycles. The predicted octanol–water partition coefficient (Wildman–Crippen LogP) is 9.25. The first kappa shape index (κ1) is 22.3. The fourth-order valence-electron chi connectivity index (χ4n) is 4.70. The van der Waals surface area contributed by atoms with Crippen LogP contribution in [0.25, 0.3) is 33.2 Å². The van der Waals surface area contributed by atoms with E-state index in [9.17, 15) is 0 Å². The second-order valence-corrected chi connectivity index (χ2v) is 10.0. The first-order valence-electron chi connectivity index (χ1n) is 11.9. The van der Waals surface area contributed by atoms with E-state index < -0.39 is 0 Å².